The summed E-state index contributed by atoms with van der Waals surface area (Å²) in [4.78, 5) is 15.0. The molecule has 6 heteroatoms. The Hall–Kier alpha value is -2.41. The quantitative estimate of drug-likeness (QED) is 0.645. The molecule has 0 spiro atoms. The number of benzene rings is 2. The molecule has 0 aromatic heterocycles. The predicted octanol–water partition coefficient (Wildman–Crippen LogP) is 3.15. The number of ether oxygens (including phenoxy) is 2. The molecule has 1 heterocycles. The Balaban J connectivity index is 1.49. The van der Waals surface area contributed by atoms with Gasteiger partial charge in [0.1, 0.15) is 5.75 Å². The van der Waals surface area contributed by atoms with Crippen LogP contribution in [0.2, 0.25) is 0 Å². The SMILES string of the molecule is COCCN1CCCC1CNCc1cccc(NC(=O)c2ccc(OC)cc2)c1. The van der Waals surface area contributed by atoms with E-state index in [-0.39, 0.29) is 5.91 Å². The highest BCUT2D eigenvalue weighted by atomic mass is 16.5. The Labute approximate surface area is 173 Å². The van der Waals surface area contributed by atoms with Gasteiger partial charge in [0.2, 0.25) is 0 Å². The number of nitrogens with one attached hydrogen (secondary N) is 2. The molecule has 6 nitrogen and oxygen atoms in total. The van der Waals surface area contributed by atoms with Crippen LogP contribution in [-0.2, 0) is 11.3 Å². The van der Waals surface area contributed by atoms with Crippen LogP contribution in [0.25, 0.3) is 0 Å². The molecule has 2 N–H and O–H groups in total. The van der Waals surface area contributed by atoms with Crippen molar-refractivity contribution in [1.82, 2.24) is 10.2 Å². The molecule has 1 aliphatic heterocycles. The summed E-state index contributed by atoms with van der Waals surface area (Å²) in [5, 5.41) is 6.53. The zero-order chi connectivity index (χ0) is 20.5. The van der Waals surface area contributed by atoms with Gasteiger partial charge in [0.15, 0.2) is 0 Å². The van der Waals surface area contributed by atoms with Gasteiger partial charge in [0, 0.05) is 44.0 Å². The standard InChI is InChI=1S/C23H31N3O3/c1-28-14-13-26-12-4-7-21(26)17-24-16-18-5-3-6-20(15-18)25-23(27)19-8-10-22(29-2)11-9-19/h3,5-6,8-11,15,21,24H,4,7,12-14,16-17H2,1-2H3,(H,25,27). The van der Waals surface area contributed by atoms with Crippen molar-refractivity contribution in [2.24, 2.45) is 0 Å². The van der Waals surface area contributed by atoms with Crippen LogP contribution in [0.5, 0.6) is 5.75 Å². The lowest BCUT2D eigenvalue weighted by molar-refractivity contribution is 0.102. The molecule has 156 valence electrons. The van der Waals surface area contributed by atoms with E-state index < -0.39 is 0 Å². The van der Waals surface area contributed by atoms with Gasteiger partial charge < -0.3 is 20.1 Å². The fourth-order valence-electron chi connectivity index (χ4n) is 3.72. The second kappa shape index (κ2) is 11.0. The number of hydrogen-bond acceptors (Lipinski definition) is 5. The number of amides is 1. The van der Waals surface area contributed by atoms with Gasteiger partial charge in [-0.05, 0) is 61.3 Å². The van der Waals surface area contributed by atoms with Crippen LogP contribution in [0.1, 0.15) is 28.8 Å². The van der Waals surface area contributed by atoms with Crippen LogP contribution in [0, 0.1) is 0 Å². The van der Waals surface area contributed by atoms with E-state index in [1.807, 2.05) is 18.2 Å². The van der Waals surface area contributed by atoms with Gasteiger partial charge in [-0.2, -0.15) is 0 Å². The number of carbonyl (C=O) groups excluding carboxylic acids is 1. The molecule has 1 amide bonds. The Kier molecular flexibility index (Phi) is 8.04. The minimum Gasteiger partial charge on any atom is -0.497 e. The molecule has 1 unspecified atom stereocenters. The zero-order valence-electron chi connectivity index (χ0n) is 17.3. The molecular formula is C23H31N3O3. The van der Waals surface area contributed by atoms with Crippen molar-refractivity contribution < 1.29 is 14.3 Å². The Bertz CT molecular complexity index is 779. The third kappa shape index (κ3) is 6.29. The monoisotopic (exact) mass is 397 g/mol. The van der Waals surface area contributed by atoms with Gasteiger partial charge in [-0.3, -0.25) is 9.69 Å². The van der Waals surface area contributed by atoms with Gasteiger partial charge in [-0.25, -0.2) is 0 Å². The number of rotatable bonds is 10. The second-order valence-electron chi connectivity index (χ2n) is 7.34. The lowest BCUT2D eigenvalue weighted by Crippen LogP contribution is -2.39. The first kappa shape index (κ1) is 21.3. The molecule has 1 saturated heterocycles. The van der Waals surface area contributed by atoms with E-state index in [2.05, 4.69) is 21.6 Å². The predicted molar refractivity (Wildman–Crippen MR) is 116 cm³/mol. The molecule has 0 aliphatic carbocycles. The van der Waals surface area contributed by atoms with Crippen molar-refractivity contribution in [3.05, 3.63) is 59.7 Å². The van der Waals surface area contributed by atoms with Gasteiger partial charge in [0.25, 0.3) is 5.91 Å². The molecule has 0 bridgehead atoms. The number of anilines is 1. The number of carbonyl (C=O) groups is 1. The summed E-state index contributed by atoms with van der Waals surface area (Å²) in [6.45, 7) is 4.68. The highest BCUT2D eigenvalue weighted by Crippen LogP contribution is 2.17. The summed E-state index contributed by atoms with van der Waals surface area (Å²) >= 11 is 0. The van der Waals surface area contributed by atoms with Crippen LogP contribution in [0.3, 0.4) is 0 Å². The molecule has 3 rings (SSSR count). The molecule has 0 saturated carbocycles. The average molecular weight is 398 g/mol. The smallest absolute Gasteiger partial charge is 0.255 e. The van der Waals surface area contributed by atoms with E-state index in [1.165, 1.54) is 12.8 Å². The van der Waals surface area contributed by atoms with Crippen LogP contribution in [-0.4, -0.2) is 57.3 Å². The molecule has 2 aromatic rings. The van der Waals surface area contributed by atoms with Gasteiger partial charge >= 0.3 is 0 Å². The van der Waals surface area contributed by atoms with E-state index in [0.717, 1.165) is 49.8 Å². The molecule has 2 aromatic carbocycles. The summed E-state index contributed by atoms with van der Waals surface area (Å²) in [7, 11) is 3.36. The Morgan fingerprint density at radius 1 is 1.17 bits per heavy atom. The molecule has 0 radical (unpaired) electrons. The van der Waals surface area contributed by atoms with Gasteiger partial charge in [-0.15, -0.1) is 0 Å². The summed E-state index contributed by atoms with van der Waals surface area (Å²) in [5.74, 6) is 0.607. The highest BCUT2D eigenvalue weighted by molar-refractivity contribution is 6.04. The Morgan fingerprint density at radius 2 is 2.00 bits per heavy atom. The van der Waals surface area contributed by atoms with E-state index in [9.17, 15) is 4.79 Å². The minimum atomic E-state index is -0.127. The highest BCUT2D eigenvalue weighted by Gasteiger charge is 2.23. The molecule has 1 atom stereocenters. The fraction of sp³-hybridized carbons (Fsp3) is 0.435. The number of hydrogen-bond donors (Lipinski definition) is 2. The normalized spacial score (nSPS) is 16.7. The maximum atomic E-state index is 12.5. The molecule has 1 aliphatic rings. The lowest BCUT2D eigenvalue weighted by atomic mass is 10.1. The van der Waals surface area contributed by atoms with Crippen molar-refractivity contribution in [2.45, 2.75) is 25.4 Å². The second-order valence-corrected chi connectivity index (χ2v) is 7.34. The van der Waals surface area contributed by atoms with Crippen LogP contribution >= 0.6 is 0 Å². The van der Waals surface area contributed by atoms with Crippen molar-refractivity contribution in [3.8, 4) is 5.75 Å². The molecule has 1 fully saturated rings. The van der Waals surface area contributed by atoms with Crippen molar-refractivity contribution in [2.75, 3.05) is 45.8 Å². The first-order valence-electron chi connectivity index (χ1n) is 10.2. The number of nitrogens with zero attached hydrogens (tertiary/aromatic N) is 1. The summed E-state index contributed by atoms with van der Waals surface area (Å²) in [6, 6.07) is 15.6. The molecule has 29 heavy (non-hydrogen) atoms. The van der Waals surface area contributed by atoms with Crippen LogP contribution < -0.4 is 15.4 Å². The van der Waals surface area contributed by atoms with Gasteiger partial charge in [0.05, 0.1) is 13.7 Å². The van der Waals surface area contributed by atoms with Crippen molar-refractivity contribution in [1.29, 1.82) is 0 Å². The van der Waals surface area contributed by atoms with E-state index >= 15 is 0 Å². The summed E-state index contributed by atoms with van der Waals surface area (Å²) in [5.41, 5.74) is 2.55. The largest absolute Gasteiger partial charge is 0.497 e. The Morgan fingerprint density at radius 3 is 2.76 bits per heavy atom. The minimum absolute atomic E-state index is 0.127. The summed E-state index contributed by atoms with van der Waals surface area (Å²) in [6.07, 6.45) is 2.48. The van der Waals surface area contributed by atoms with Gasteiger partial charge in [-0.1, -0.05) is 12.1 Å². The average Bonchev–Trinajstić information content (AvgIpc) is 3.20. The third-order valence-corrected chi connectivity index (χ3v) is 5.33. The van der Waals surface area contributed by atoms with E-state index in [4.69, 9.17) is 9.47 Å². The number of methoxy groups -OCH3 is 2. The van der Waals surface area contributed by atoms with Crippen molar-refractivity contribution in [3.63, 3.8) is 0 Å². The first-order chi connectivity index (χ1) is 14.2. The maximum Gasteiger partial charge on any atom is 0.255 e. The van der Waals surface area contributed by atoms with Crippen LogP contribution in [0.4, 0.5) is 5.69 Å². The summed E-state index contributed by atoms with van der Waals surface area (Å²) < 4.78 is 10.3. The molecular weight excluding hydrogens is 366 g/mol. The zero-order valence-corrected chi connectivity index (χ0v) is 17.3. The maximum absolute atomic E-state index is 12.5. The lowest BCUT2D eigenvalue weighted by Gasteiger charge is -2.24. The first-order valence-corrected chi connectivity index (χ1v) is 10.2. The van der Waals surface area contributed by atoms with Crippen molar-refractivity contribution >= 4 is 11.6 Å². The number of likely N-dealkylation sites (tertiary alicyclic amines) is 1. The van der Waals surface area contributed by atoms with Crippen LogP contribution in [0.15, 0.2) is 48.5 Å². The third-order valence-electron chi connectivity index (χ3n) is 5.33. The fourth-order valence-corrected chi connectivity index (χ4v) is 3.72. The topological polar surface area (TPSA) is 62.8 Å². The van der Waals surface area contributed by atoms with E-state index in [0.29, 0.717) is 11.6 Å². The van der Waals surface area contributed by atoms with E-state index in [1.54, 1.807) is 38.5 Å².